The maximum Gasteiger partial charge on any atom is 0.321 e. The topological polar surface area (TPSA) is 95.9 Å². The first-order valence-electron chi connectivity index (χ1n) is 4.02. The van der Waals surface area contributed by atoms with Gasteiger partial charge in [-0.05, 0) is 0 Å². The molecule has 0 bridgehead atoms. The predicted molar refractivity (Wildman–Crippen MR) is 48.9 cm³/mol. The van der Waals surface area contributed by atoms with E-state index in [2.05, 4.69) is 22.7 Å². The maximum atomic E-state index is 10.7. The lowest BCUT2D eigenvalue weighted by Gasteiger charge is -2.18. The van der Waals surface area contributed by atoms with Crippen molar-refractivity contribution in [3.63, 3.8) is 0 Å². The Labute approximate surface area is 85.7 Å². The number of ether oxygens (including phenoxy) is 1. The fraction of sp³-hybridized carbons (Fsp3) is 0.714. The summed E-state index contributed by atoms with van der Waals surface area (Å²) in [5, 5.41) is 20.4. The van der Waals surface area contributed by atoms with Crippen LogP contribution in [0.4, 0.5) is 0 Å². The Morgan fingerprint density at radius 1 is 1.79 bits per heavy atom. The molecule has 1 heterocycles. The van der Waals surface area contributed by atoms with Gasteiger partial charge in [-0.2, -0.15) is 12.6 Å². The molecule has 0 amide bonds. The van der Waals surface area contributed by atoms with Crippen LogP contribution in [0.1, 0.15) is 6.42 Å². The summed E-state index contributed by atoms with van der Waals surface area (Å²) < 4.78 is 4.44. The highest BCUT2D eigenvalue weighted by molar-refractivity contribution is 7.80. The molecule has 7 heteroatoms. The lowest BCUT2D eigenvalue weighted by Crippen LogP contribution is -2.47. The summed E-state index contributed by atoms with van der Waals surface area (Å²) in [6.45, 7) is 0. The molecule has 3 unspecified atom stereocenters. The van der Waals surface area contributed by atoms with Crippen LogP contribution in [0, 0.1) is 0 Å². The fourth-order valence-electron chi connectivity index (χ4n) is 1.15. The molecule has 1 rings (SSSR count). The summed E-state index contributed by atoms with van der Waals surface area (Å²) in [7, 11) is 0. The summed E-state index contributed by atoms with van der Waals surface area (Å²) in [5.74, 6) is -1.54. The molecule has 1 saturated heterocycles. The van der Waals surface area contributed by atoms with Gasteiger partial charge in [-0.1, -0.05) is 0 Å². The number of aliphatic hydroxyl groups excluding tert-OH is 1. The van der Waals surface area contributed by atoms with Crippen LogP contribution < -0.4 is 5.32 Å². The average molecular weight is 221 g/mol. The van der Waals surface area contributed by atoms with Crippen molar-refractivity contribution in [2.45, 2.75) is 24.8 Å². The molecular weight excluding hydrogens is 210 g/mol. The number of carboxylic acids is 1. The Morgan fingerprint density at radius 3 is 2.79 bits per heavy atom. The number of hydrogen-bond acceptors (Lipinski definition) is 6. The lowest BCUT2D eigenvalue weighted by atomic mass is 10.2. The molecule has 3 N–H and O–H groups in total. The molecule has 1 aliphatic rings. The molecule has 14 heavy (non-hydrogen) atoms. The minimum absolute atomic E-state index is 0.0290. The minimum Gasteiger partial charge on any atom is -0.480 e. The number of thiol groups is 1. The number of esters is 1. The van der Waals surface area contributed by atoms with Crippen molar-refractivity contribution in [1.82, 2.24) is 5.32 Å². The van der Waals surface area contributed by atoms with Crippen LogP contribution in [0.25, 0.3) is 0 Å². The molecule has 1 aliphatic heterocycles. The van der Waals surface area contributed by atoms with E-state index in [1.807, 2.05) is 0 Å². The van der Waals surface area contributed by atoms with Crippen molar-refractivity contribution < 1.29 is 24.5 Å². The number of aliphatic hydroxyl groups is 1. The van der Waals surface area contributed by atoms with Gasteiger partial charge in [-0.25, -0.2) is 0 Å². The maximum absolute atomic E-state index is 10.7. The van der Waals surface area contributed by atoms with Gasteiger partial charge in [0, 0.05) is 5.75 Å². The number of carbonyl (C=O) groups is 2. The fourth-order valence-corrected chi connectivity index (χ4v) is 1.41. The Hall–Kier alpha value is -0.790. The van der Waals surface area contributed by atoms with E-state index < -0.39 is 30.3 Å². The second-order valence-corrected chi connectivity index (χ2v) is 3.30. The van der Waals surface area contributed by atoms with E-state index in [0.717, 1.165) is 0 Å². The third-order valence-corrected chi connectivity index (χ3v) is 2.24. The second kappa shape index (κ2) is 4.63. The van der Waals surface area contributed by atoms with E-state index in [4.69, 9.17) is 10.2 Å². The van der Waals surface area contributed by atoms with Crippen molar-refractivity contribution in [1.29, 1.82) is 0 Å². The first-order valence-corrected chi connectivity index (χ1v) is 4.65. The monoisotopic (exact) mass is 221 g/mol. The van der Waals surface area contributed by atoms with Crippen LogP contribution in [0.15, 0.2) is 0 Å². The molecule has 0 radical (unpaired) electrons. The number of carboxylic acid groups (broad SMARTS) is 1. The molecule has 6 nitrogen and oxygen atoms in total. The third-order valence-electron chi connectivity index (χ3n) is 1.88. The van der Waals surface area contributed by atoms with Gasteiger partial charge < -0.3 is 14.9 Å². The van der Waals surface area contributed by atoms with Crippen molar-refractivity contribution in [3.8, 4) is 0 Å². The van der Waals surface area contributed by atoms with E-state index in [0.29, 0.717) is 0 Å². The Kier molecular flexibility index (Phi) is 3.73. The molecule has 80 valence electrons. The smallest absolute Gasteiger partial charge is 0.321 e. The number of hydrogen-bond donors (Lipinski definition) is 4. The zero-order valence-corrected chi connectivity index (χ0v) is 8.11. The molecule has 0 aliphatic carbocycles. The van der Waals surface area contributed by atoms with E-state index in [9.17, 15) is 9.59 Å². The highest BCUT2D eigenvalue weighted by Crippen LogP contribution is 2.13. The van der Waals surface area contributed by atoms with Gasteiger partial charge >= 0.3 is 11.9 Å². The highest BCUT2D eigenvalue weighted by atomic mass is 32.1. The third kappa shape index (κ3) is 2.60. The Balaban J connectivity index is 2.50. The van der Waals surface area contributed by atoms with E-state index in [-0.39, 0.29) is 12.2 Å². The van der Waals surface area contributed by atoms with Gasteiger partial charge in [0.15, 0.2) is 0 Å². The highest BCUT2D eigenvalue weighted by Gasteiger charge is 2.35. The molecule has 0 aromatic rings. The van der Waals surface area contributed by atoms with E-state index in [1.54, 1.807) is 0 Å². The van der Waals surface area contributed by atoms with E-state index in [1.165, 1.54) is 0 Å². The number of cyclic esters (lactones) is 1. The first kappa shape index (κ1) is 11.3. The molecule has 3 atom stereocenters. The zero-order chi connectivity index (χ0) is 10.7. The summed E-state index contributed by atoms with van der Waals surface area (Å²) >= 11 is 3.83. The second-order valence-electron chi connectivity index (χ2n) is 2.93. The molecule has 0 aromatic carbocycles. The summed E-state index contributed by atoms with van der Waals surface area (Å²) in [5.41, 5.74) is 0. The number of carbonyl (C=O) groups excluding carboxylic acids is 1. The molecular formula is C7H11NO5S. The Bertz CT molecular complexity index is 246. The summed E-state index contributed by atoms with van der Waals surface area (Å²) in [4.78, 5) is 21.3. The van der Waals surface area contributed by atoms with Gasteiger partial charge in [-0.15, -0.1) is 0 Å². The van der Waals surface area contributed by atoms with Gasteiger partial charge in [0.25, 0.3) is 0 Å². The number of aliphatic carboxylic acids is 1. The van der Waals surface area contributed by atoms with Crippen LogP contribution in [-0.4, -0.2) is 46.3 Å². The molecule has 1 fully saturated rings. The SMILES string of the molecule is O=C1CC(NC(CS)C(=O)O)C(O)O1. The van der Waals surface area contributed by atoms with E-state index >= 15 is 0 Å². The minimum atomic E-state index is -1.27. The summed E-state index contributed by atoms with van der Waals surface area (Å²) in [6.07, 6.45) is -1.30. The predicted octanol–water partition coefficient (Wildman–Crippen LogP) is -1.41. The normalized spacial score (nSPS) is 28.6. The van der Waals surface area contributed by atoms with Gasteiger partial charge in [0.05, 0.1) is 12.5 Å². The van der Waals surface area contributed by atoms with Crippen LogP contribution in [0.3, 0.4) is 0 Å². The molecule has 0 saturated carbocycles. The van der Waals surface area contributed by atoms with Crippen LogP contribution in [0.2, 0.25) is 0 Å². The largest absolute Gasteiger partial charge is 0.480 e. The molecule has 0 spiro atoms. The van der Waals surface area contributed by atoms with Gasteiger partial charge in [-0.3, -0.25) is 14.9 Å². The Morgan fingerprint density at radius 2 is 2.43 bits per heavy atom. The van der Waals surface area contributed by atoms with Crippen LogP contribution >= 0.6 is 12.6 Å². The van der Waals surface area contributed by atoms with Crippen molar-refractivity contribution in [3.05, 3.63) is 0 Å². The quantitative estimate of drug-likeness (QED) is 0.344. The van der Waals surface area contributed by atoms with Gasteiger partial charge in [0.1, 0.15) is 6.04 Å². The number of rotatable bonds is 4. The lowest BCUT2D eigenvalue weighted by molar-refractivity contribution is -0.154. The summed E-state index contributed by atoms with van der Waals surface area (Å²) in [6, 6.07) is -1.57. The van der Waals surface area contributed by atoms with Crippen molar-refractivity contribution >= 4 is 24.6 Å². The van der Waals surface area contributed by atoms with Crippen LogP contribution in [-0.2, 0) is 14.3 Å². The number of nitrogens with one attached hydrogen (secondary N) is 1. The average Bonchev–Trinajstić information content (AvgIpc) is 2.40. The van der Waals surface area contributed by atoms with Crippen LogP contribution in [0.5, 0.6) is 0 Å². The standard InChI is InChI=1S/C7H11NO5S/c9-5-1-3(7(12)13-5)8-4(2-14)6(10)11/h3-4,7-8,12,14H,1-2H2,(H,10,11). The first-order chi connectivity index (χ1) is 6.54. The molecule has 0 aromatic heterocycles. The van der Waals surface area contributed by atoms with Crippen molar-refractivity contribution in [2.24, 2.45) is 0 Å². The van der Waals surface area contributed by atoms with Crippen molar-refractivity contribution in [2.75, 3.05) is 5.75 Å². The van der Waals surface area contributed by atoms with Gasteiger partial charge in [0.2, 0.25) is 6.29 Å². The zero-order valence-electron chi connectivity index (χ0n) is 7.21.